The third-order valence-electron chi connectivity index (χ3n) is 0.0772. The molecule has 0 aliphatic carbocycles. The van der Waals surface area contributed by atoms with Crippen LogP contribution in [0.5, 0.6) is 0 Å². The van der Waals surface area contributed by atoms with Gasteiger partial charge in [0.05, 0.1) is 0 Å². The molecule has 0 unspecified atom stereocenters. The van der Waals surface area contributed by atoms with Crippen LogP contribution in [-0.4, -0.2) is 0 Å². The van der Waals surface area contributed by atoms with Crippen molar-refractivity contribution in [3.8, 4) is 0 Å². The molecule has 0 aromatic rings. The molecule has 0 fully saturated rings. The molecule has 0 N–H and O–H groups in total. The second-order valence-electron chi connectivity index (χ2n) is 0.313. The van der Waals surface area contributed by atoms with Crippen molar-refractivity contribution in [3.63, 3.8) is 0 Å². The Balaban J connectivity index is 3.11. The maximum Gasteiger partial charge on any atom is 0.524 e. The monoisotopic (exact) mass is 74.0 g/mol. The standard InChI is InChI=1S/C3H3Cl/c1-2-3-4/h3H,1H2/q+1. The normalized spacial score (nSPS) is 4.25. The van der Waals surface area contributed by atoms with Gasteiger partial charge in [-0.1, -0.05) is 12.3 Å². The molecule has 0 saturated carbocycles. The van der Waals surface area contributed by atoms with Gasteiger partial charge >= 0.3 is 17.1 Å². The first-order valence-corrected chi connectivity index (χ1v) is 1.30. The molecule has 21 valence electrons. The Hall–Kier alpha value is -0.190. The Morgan fingerprint density at radius 2 is 2.25 bits per heavy atom. The van der Waals surface area contributed by atoms with Crippen molar-refractivity contribution in [2.75, 3.05) is 0 Å². The smallest absolute Gasteiger partial charge is 0.0593 e. The zero-order chi connectivity index (χ0) is 3.41. The fourth-order valence-electron chi connectivity index (χ4n) is 0. The summed E-state index contributed by atoms with van der Waals surface area (Å²) in [6.07, 6.45) is 0. The Labute approximate surface area is 30.4 Å². The van der Waals surface area contributed by atoms with Crippen LogP contribution >= 0.6 is 0 Å². The van der Waals surface area contributed by atoms with Gasteiger partial charge in [0.1, 0.15) is 0 Å². The van der Waals surface area contributed by atoms with E-state index in [1.807, 2.05) is 0 Å². The highest BCUT2D eigenvalue weighted by Crippen LogP contribution is 1.43. The van der Waals surface area contributed by atoms with Crippen molar-refractivity contribution < 1.29 is 11.6 Å². The zero-order valence-electron chi connectivity index (χ0n) is 2.16. The van der Waals surface area contributed by atoms with E-state index in [1.54, 1.807) is 0 Å². The summed E-state index contributed by atoms with van der Waals surface area (Å²) in [5, 5.41) is 0. The molecule has 0 atom stereocenters. The summed E-state index contributed by atoms with van der Waals surface area (Å²) >= 11 is 4.89. The van der Waals surface area contributed by atoms with Gasteiger partial charge in [-0.25, -0.2) is 0 Å². The number of rotatable bonds is 0. The molecule has 4 heavy (non-hydrogen) atoms. The second kappa shape index (κ2) is 2.81. The summed E-state index contributed by atoms with van der Waals surface area (Å²) in [6, 6.07) is 0. The number of hydrogen-bond donors (Lipinski definition) is 0. The second-order valence-corrected chi connectivity index (χ2v) is 0.531. The van der Waals surface area contributed by atoms with E-state index in [2.05, 4.69) is 12.3 Å². The lowest BCUT2D eigenvalue weighted by molar-refractivity contribution is -0.274. The van der Waals surface area contributed by atoms with Crippen LogP contribution in [0.25, 0.3) is 0 Å². The van der Waals surface area contributed by atoms with Crippen molar-refractivity contribution >= 4 is 0 Å². The molecule has 0 amide bonds. The number of halogens is 1. The van der Waals surface area contributed by atoms with Crippen LogP contribution in [0.2, 0.25) is 0 Å². The fraction of sp³-hybridized carbons (Fsp3) is 0. The predicted octanol–water partition coefficient (Wildman–Crippen LogP) is 0.834. The quantitative estimate of drug-likeness (QED) is 0.374. The van der Waals surface area contributed by atoms with Gasteiger partial charge < -0.3 is 0 Å². The maximum absolute atomic E-state index is 4.89. The Bertz CT molecular complexity index is 41.2. The Morgan fingerprint density at radius 1 is 2.00 bits per heavy atom. The third-order valence-corrected chi connectivity index (χ3v) is 0.231. The van der Waals surface area contributed by atoms with Gasteiger partial charge in [0.2, 0.25) is 0 Å². The van der Waals surface area contributed by atoms with Gasteiger partial charge in [0, 0.05) is 0 Å². The SMILES string of the molecule is C=C=C[Cl+]. The average molecular weight is 74.5 g/mol. The molecule has 0 rings (SSSR count). The minimum absolute atomic E-state index is 1.24. The van der Waals surface area contributed by atoms with Crippen molar-refractivity contribution in [1.82, 2.24) is 0 Å². The molecule has 1 radical (unpaired) electrons. The lowest BCUT2D eigenvalue weighted by atomic mass is 11.0. The highest BCUT2D eigenvalue weighted by molar-refractivity contribution is 4.58. The van der Waals surface area contributed by atoms with Crippen molar-refractivity contribution in [1.29, 1.82) is 0 Å². The lowest BCUT2D eigenvalue weighted by Crippen LogP contribution is -1.19. The summed E-state index contributed by atoms with van der Waals surface area (Å²) in [6.45, 7) is 3.17. The maximum atomic E-state index is 4.89. The number of hydrogen-bond acceptors (Lipinski definition) is 0. The molecule has 0 aliphatic heterocycles. The van der Waals surface area contributed by atoms with Crippen LogP contribution in [0.1, 0.15) is 0 Å². The van der Waals surface area contributed by atoms with Crippen molar-refractivity contribution in [3.05, 3.63) is 17.8 Å². The van der Waals surface area contributed by atoms with Crippen LogP contribution in [0.3, 0.4) is 0 Å². The molecule has 0 bridgehead atoms. The van der Waals surface area contributed by atoms with E-state index < -0.39 is 0 Å². The summed E-state index contributed by atoms with van der Waals surface area (Å²) in [4.78, 5) is 0. The molecule has 0 aliphatic rings. The molecule has 0 spiro atoms. The molecule has 0 saturated heterocycles. The molecule has 0 aromatic heterocycles. The first-order chi connectivity index (χ1) is 1.91. The summed E-state index contributed by atoms with van der Waals surface area (Å²) in [5.41, 5.74) is 3.56. The van der Waals surface area contributed by atoms with Crippen molar-refractivity contribution in [2.45, 2.75) is 0 Å². The van der Waals surface area contributed by atoms with Gasteiger partial charge in [0.25, 0.3) is 0 Å². The van der Waals surface area contributed by atoms with Crippen LogP contribution < -0.4 is 0 Å². The van der Waals surface area contributed by atoms with Crippen LogP contribution in [0.4, 0.5) is 0 Å². The van der Waals surface area contributed by atoms with E-state index in [0.717, 1.165) is 0 Å². The minimum atomic E-state index is 1.24. The van der Waals surface area contributed by atoms with Gasteiger partial charge in [-0.05, 0) is 0 Å². The van der Waals surface area contributed by atoms with E-state index in [9.17, 15) is 0 Å². The van der Waals surface area contributed by atoms with Gasteiger partial charge in [-0.2, -0.15) is 0 Å². The highest BCUT2D eigenvalue weighted by atomic mass is 35.5. The molecule has 1 heteroatoms. The highest BCUT2D eigenvalue weighted by Gasteiger charge is 1.61. The first kappa shape index (κ1) is 3.81. The Kier molecular flexibility index (Phi) is 2.68. The van der Waals surface area contributed by atoms with E-state index in [4.69, 9.17) is 11.6 Å². The first-order valence-electron chi connectivity index (χ1n) is 0.860. The van der Waals surface area contributed by atoms with Crippen molar-refractivity contribution in [2.24, 2.45) is 0 Å². The average Bonchev–Trinajstić information content (AvgIpc) is 1.37. The predicted molar refractivity (Wildman–Crippen MR) is 13.7 cm³/mol. The molecular formula is C3H3Cl+. The van der Waals surface area contributed by atoms with Gasteiger partial charge in [-0.15, -0.1) is 0 Å². The zero-order valence-corrected chi connectivity index (χ0v) is 2.92. The lowest BCUT2D eigenvalue weighted by Gasteiger charge is -1.13. The molecule has 0 nitrogen and oxygen atoms in total. The van der Waals surface area contributed by atoms with E-state index in [1.165, 1.54) is 5.54 Å². The topological polar surface area (TPSA) is 0 Å². The van der Waals surface area contributed by atoms with E-state index in [0.29, 0.717) is 0 Å². The summed E-state index contributed by atoms with van der Waals surface area (Å²) < 4.78 is 0. The van der Waals surface area contributed by atoms with Gasteiger partial charge in [-0.3, -0.25) is 0 Å². The van der Waals surface area contributed by atoms with E-state index in [-0.39, 0.29) is 0 Å². The van der Waals surface area contributed by atoms with Crippen LogP contribution in [0.15, 0.2) is 17.8 Å². The summed E-state index contributed by atoms with van der Waals surface area (Å²) in [5.74, 6) is 0. The molecule has 0 aromatic carbocycles. The molecular weight excluding hydrogens is 71.5 g/mol. The third kappa shape index (κ3) is 1.81. The van der Waals surface area contributed by atoms with Crippen LogP contribution in [0, 0.1) is 11.6 Å². The minimum Gasteiger partial charge on any atom is -0.0593 e. The summed E-state index contributed by atoms with van der Waals surface area (Å²) in [7, 11) is 0. The Morgan fingerprint density at radius 3 is 2.25 bits per heavy atom. The van der Waals surface area contributed by atoms with Gasteiger partial charge in [0.15, 0.2) is 0 Å². The fourth-order valence-corrected chi connectivity index (χ4v) is 0. The van der Waals surface area contributed by atoms with E-state index >= 15 is 0 Å². The molecule has 0 heterocycles. The largest absolute Gasteiger partial charge is 0.524 e. The van der Waals surface area contributed by atoms with Crippen LogP contribution in [-0.2, 0) is 0 Å².